The van der Waals surface area contributed by atoms with E-state index in [1.165, 1.54) is 11.8 Å². The maximum Gasteiger partial charge on any atom is 0.328 e. The molecule has 2 unspecified atom stereocenters. The van der Waals surface area contributed by atoms with Crippen molar-refractivity contribution in [3.63, 3.8) is 0 Å². The highest BCUT2D eigenvalue weighted by Gasteiger charge is 2.39. The summed E-state index contributed by atoms with van der Waals surface area (Å²) in [5.41, 5.74) is 1.89. The Bertz CT molecular complexity index is 731. The quantitative estimate of drug-likeness (QED) is 0.748. The molecule has 25 heavy (non-hydrogen) atoms. The summed E-state index contributed by atoms with van der Waals surface area (Å²) >= 11 is 7.79. The summed E-state index contributed by atoms with van der Waals surface area (Å²) in [6.45, 7) is 1.36. The number of hydrogen-bond acceptors (Lipinski definition) is 5. The standard InChI is InChI=1S/C19H20ClNO3S/c20-15-7-2-1-6-14(15)18(19(23)24-13-4-3-5-13)21-9-8-16-12(11-21)10-17(22)25-16/h1-2,6-7,10,13,16,18H,3-5,8-9,11H2. The van der Waals surface area contributed by atoms with Crippen LogP contribution in [0.1, 0.15) is 37.3 Å². The van der Waals surface area contributed by atoms with Crippen molar-refractivity contribution in [1.29, 1.82) is 0 Å². The molecule has 132 valence electrons. The Kier molecular flexibility index (Phi) is 4.89. The van der Waals surface area contributed by atoms with Gasteiger partial charge in [0.15, 0.2) is 0 Å². The minimum atomic E-state index is -0.517. The number of ether oxygens (including phenoxy) is 1. The molecule has 1 saturated heterocycles. The van der Waals surface area contributed by atoms with Gasteiger partial charge in [-0.05, 0) is 49.0 Å². The summed E-state index contributed by atoms with van der Waals surface area (Å²) in [6, 6.07) is 6.94. The zero-order valence-corrected chi connectivity index (χ0v) is 15.4. The van der Waals surface area contributed by atoms with Crippen LogP contribution in [0.25, 0.3) is 0 Å². The second-order valence-electron chi connectivity index (χ2n) is 6.82. The van der Waals surface area contributed by atoms with Crippen molar-refractivity contribution in [3.8, 4) is 0 Å². The number of hydrogen-bond donors (Lipinski definition) is 0. The molecule has 1 saturated carbocycles. The maximum atomic E-state index is 12.9. The van der Waals surface area contributed by atoms with E-state index in [-0.39, 0.29) is 22.4 Å². The lowest BCUT2D eigenvalue weighted by atomic mass is 9.95. The number of rotatable bonds is 4. The van der Waals surface area contributed by atoms with E-state index in [0.29, 0.717) is 11.6 Å². The average Bonchev–Trinajstić information content (AvgIpc) is 2.92. The molecule has 1 aromatic rings. The predicted octanol–water partition coefficient (Wildman–Crippen LogP) is 3.75. The van der Waals surface area contributed by atoms with Gasteiger partial charge in [0.2, 0.25) is 5.12 Å². The van der Waals surface area contributed by atoms with Crippen LogP contribution >= 0.6 is 23.4 Å². The summed E-state index contributed by atoms with van der Waals surface area (Å²) in [6.07, 6.45) is 5.63. The van der Waals surface area contributed by atoms with Gasteiger partial charge < -0.3 is 4.74 Å². The third-order valence-electron chi connectivity index (χ3n) is 5.16. The minimum Gasteiger partial charge on any atom is -0.461 e. The number of carbonyl (C=O) groups excluding carboxylic acids is 2. The van der Waals surface area contributed by atoms with Crippen LogP contribution in [0.15, 0.2) is 35.9 Å². The Balaban J connectivity index is 1.60. The van der Waals surface area contributed by atoms with E-state index >= 15 is 0 Å². The van der Waals surface area contributed by atoms with Gasteiger partial charge in [-0.25, -0.2) is 4.79 Å². The number of benzene rings is 1. The molecule has 4 nitrogen and oxygen atoms in total. The average molecular weight is 378 g/mol. The Morgan fingerprint density at radius 3 is 2.80 bits per heavy atom. The molecule has 2 heterocycles. The predicted molar refractivity (Wildman–Crippen MR) is 98.6 cm³/mol. The van der Waals surface area contributed by atoms with Gasteiger partial charge in [0.25, 0.3) is 0 Å². The van der Waals surface area contributed by atoms with Gasteiger partial charge in [-0.2, -0.15) is 0 Å². The Hall–Kier alpha value is -1.30. The third kappa shape index (κ3) is 3.50. The van der Waals surface area contributed by atoms with E-state index in [4.69, 9.17) is 16.3 Å². The molecule has 0 amide bonds. The SMILES string of the molecule is O=C1C=C2CN(C(C(=O)OC3CCC3)c3ccccc3Cl)CCC2S1. The largest absolute Gasteiger partial charge is 0.461 e. The molecular weight excluding hydrogens is 358 g/mol. The van der Waals surface area contributed by atoms with Gasteiger partial charge >= 0.3 is 5.97 Å². The fourth-order valence-electron chi connectivity index (χ4n) is 3.59. The van der Waals surface area contributed by atoms with Crippen LogP contribution in [0, 0.1) is 0 Å². The molecule has 0 N–H and O–H groups in total. The topological polar surface area (TPSA) is 46.6 Å². The van der Waals surface area contributed by atoms with E-state index < -0.39 is 6.04 Å². The first-order chi connectivity index (χ1) is 12.1. The van der Waals surface area contributed by atoms with Crippen molar-refractivity contribution in [2.45, 2.75) is 43.1 Å². The number of piperidine rings is 1. The molecule has 2 atom stereocenters. The first-order valence-electron chi connectivity index (χ1n) is 8.72. The summed E-state index contributed by atoms with van der Waals surface area (Å²) in [7, 11) is 0. The fourth-order valence-corrected chi connectivity index (χ4v) is 4.85. The monoisotopic (exact) mass is 377 g/mol. The molecule has 6 heteroatoms. The number of nitrogens with zero attached hydrogens (tertiary/aromatic N) is 1. The van der Waals surface area contributed by atoms with Crippen LogP contribution in [0.5, 0.6) is 0 Å². The first-order valence-corrected chi connectivity index (χ1v) is 9.97. The van der Waals surface area contributed by atoms with Crippen LogP contribution in [0.3, 0.4) is 0 Å². The van der Waals surface area contributed by atoms with E-state index in [9.17, 15) is 9.59 Å². The van der Waals surface area contributed by atoms with Crippen molar-refractivity contribution in [2.24, 2.45) is 0 Å². The van der Waals surface area contributed by atoms with Crippen LogP contribution in [0.2, 0.25) is 5.02 Å². The van der Waals surface area contributed by atoms with Gasteiger partial charge in [-0.1, -0.05) is 41.6 Å². The van der Waals surface area contributed by atoms with Crippen LogP contribution in [-0.4, -0.2) is 40.4 Å². The maximum absolute atomic E-state index is 12.9. The minimum absolute atomic E-state index is 0.0397. The number of fused-ring (bicyclic) bond motifs is 1. The summed E-state index contributed by atoms with van der Waals surface area (Å²) in [5.74, 6) is -0.228. The molecular formula is C19H20ClNO3S. The van der Waals surface area contributed by atoms with Gasteiger partial charge in [-0.3, -0.25) is 9.69 Å². The van der Waals surface area contributed by atoms with Crippen molar-refractivity contribution >= 4 is 34.4 Å². The number of carbonyl (C=O) groups is 2. The second-order valence-corrected chi connectivity index (χ2v) is 8.43. The number of halogens is 1. The lowest BCUT2D eigenvalue weighted by Crippen LogP contribution is -2.43. The molecule has 1 aliphatic carbocycles. The zero-order chi connectivity index (χ0) is 17.4. The van der Waals surface area contributed by atoms with E-state index in [2.05, 4.69) is 4.90 Å². The Labute approximate surface area is 156 Å². The normalized spacial score (nSPS) is 25.1. The molecule has 0 bridgehead atoms. The molecule has 4 rings (SSSR count). The highest BCUT2D eigenvalue weighted by molar-refractivity contribution is 8.15. The number of thioether (sulfide) groups is 1. The van der Waals surface area contributed by atoms with Crippen LogP contribution < -0.4 is 0 Å². The van der Waals surface area contributed by atoms with Gasteiger partial charge in [0.1, 0.15) is 12.1 Å². The molecule has 0 radical (unpaired) electrons. The zero-order valence-electron chi connectivity index (χ0n) is 13.8. The summed E-state index contributed by atoms with van der Waals surface area (Å²) in [4.78, 5) is 26.7. The van der Waals surface area contributed by atoms with Crippen molar-refractivity contribution in [1.82, 2.24) is 4.90 Å². The van der Waals surface area contributed by atoms with E-state index in [1.54, 1.807) is 6.08 Å². The summed E-state index contributed by atoms with van der Waals surface area (Å²) < 4.78 is 5.71. The number of esters is 1. The Morgan fingerprint density at radius 2 is 2.08 bits per heavy atom. The van der Waals surface area contributed by atoms with Gasteiger partial charge in [0, 0.05) is 23.4 Å². The van der Waals surface area contributed by atoms with Crippen LogP contribution in [0.4, 0.5) is 0 Å². The van der Waals surface area contributed by atoms with Crippen molar-refractivity contribution in [3.05, 3.63) is 46.5 Å². The van der Waals surface area contributed by atoms with E-state index in [1.807, 2.05) is 24.3 Å². The summed E-state index contributed by atoms with van der Waals surface area (Å²) in [5, 5.41) is 0.956. The third-order valence-corrected chi connectivity index (χ3v) is 6.68. The van der Waals surface area contributed by atoms with Gasteiger partial charge in [0.05, 0.1) is 0 Å². The molecule has 2 aliphatic heterocycles. The molecule has 0 aromatic heterocycles. The second kappa shape index (κ2) is 7.14. The molecule has 3 aliphatic rings. The lowest BCUT2D eigenvalue weighted by molar-refractivity contribution is -0.160. The fraction of sp³-hybridized carbons (Fsp3) is 0.474. The number of likely N-dealkylation sites (tertiary alicyclic amines) is 1. The van der Waals surface area contributed by atoms with Crippen LogP contribution in [-0.2, 0) is 14.3 Å². The highest BCUT2D eigenvalue weighted by atomic mass is 35.5. The Morgan fingerprint density at radius 1 is 1.28 bits per heavy atom. The first kappa shape index (κ1) is 17.1. The molecule has 0 spiro atoms. The lowest BCUT2D eigenvalue weighted by Gasteiger charge is -2.37. The molecule has 1 aromatic carbocycles. The highest BCUT2D eigenvalue weighted by Crippen LogP contribution is 2.39. The van der Waals surface area contributed by atoms with E-state index in [0.717, 1.165) is 43.4 Å². The molecule has 2 fully saturated rings. The smallest absolute Gasteiger partial charge is 0.328 e. The van der Waals surface area contributed by atoms with Crippen molar-refractivity contribution in [2.75, 3.05) is 13.1 Å². The van der Waals surface area contributed by atoms with Crippen molar-refractivity contribution < 1.29 is 14.3 Å². The van der Waals surface area contributed by atoms with Gasteiger partial charge in [-0.15, -0.1) is 0 Å².